The Labute approximate surface area is 144 Å². The molecule has 1 aromatic carbocycles. The summed E-state index contributed by atoms with van der Waals surface area (Å²) in [5.41, 5.74) is 0. The van der Waals surface area contributed by atoms with Crippen molar-refractivity contribution in [3.8, 4) is 5.75 Å². The highest BCUT2D eigenvalue weighted by atomic mass is 35.5. The van der Waals surface area contributed by atoms with Crippen LogP contribution in [0, 0.1) is 0 Å². The van der Waals surface area contributed by atoms with E-state index in [2.05, 4.69) is 5.32 Å². The van der Waals surface area contributed by atoms with E-state index in [-0.39, 0.29) is 12.5 Å². The van der Waals surface area contributed by atoms with Crippen LogP contribution in [0.3, 0.4) is 0 Å². The van der Waals surface area contributed by atoms with Crippen LogP contribution < -0.4 is 10.1 Å². The quantitative estimate of drug-likeness (QED) is 0.695. The van der Waals surface area contributed by atoms with Gasteiger partial charge in [-0.3, -0.25) is 4.79 Å². The highest BCUT2D eigenvalue weighted by Crippen LogP contribution is 2.27. The van der Waals surface area contributed by atoms with Crippen LogP contribution in [0.25, 0.3) is 0 Å². The molecule has 0 saturated carbocycles. The molecule has 0 radical (unpaired) electrons. The van der Waals surface area contributed by atoms with Gasteiger partial charge in [-0.1, -0.05) is 23.2 Å². The summed E-state index contributed by atoms with van der Waals surface area (Å²) in [6.45, 7) is 1.34. The molecule has 1 amide bonds. The Morgan fingerprint density at radius 2 is 2.13 bits per heavy atom. The van der Waals surface area contributed by atoms with Gasteiger partial charge in [-0.15, -0.1) is 0 Å². The molecule has 0 unspecified atom stereocenters. The zero-order chi connectivity index (χ0) is 16.5. The fourth-order valence-electron chi connectivity index (χ4n) is 1.75. The molecule has 2 rings (SSSR count). The van der Waals surface area contributed by atoms with Crippen LogP contribution in [0.15, 0.2) is 41.0 Å². The van der Waals surface area contributed by atoms with Crippen LogP contribution >= 0.6 is 23.2 Å². The molecule has 0 aliphatic carbocycles. The summed E-state index contributed by atoms with van der Waals surface area (Å²) in [5, 5.41) is 3.65. The molecule has 7 heteroatoms. The van der Waals surface area contributed by atoms with Crippen molar-refractivity contribution in [2.75, 3.05) is 19.8 Å². The molecular formula is C16H17Cl2NO4. The minimum absolute atomic E-state index is 0.118. The average Bonchev–Trinajstić information content (AvgIpc) is 3.05. The van der Waals surface area contributed by atoms with Gasteiger partial charge in [0.25, 0.3) is 5.91 Å². The molecule has 0 saturated heterocycles. The lowest BCUT2D eigenvalue weighted by molar-refractivity contribution is -0.123. The fraction of sp³-hybridized carbons (Fsp3) is 0.312. The number of amides is 1. The first-order chi connectivity index (χ1) is 11.1. The molecule has 0 aliphatic heterocycles. The highest BCUT2D eigenvalue weighted by molar-refractivity contribution is 6.34. The van der Waals surface area contributed by atoms with Gasteiger partial charge in [0.2, 0.25) is 0 Å². The molecule has 0 atom stereocenters. The Morgan fingerprint density at radius 1 is 1.26 bits per heavy atom. The van der Waals surface area contributed by atoms with E-state index < -0.39 is 0 Å². The highest BCUT2D eigenvalue weighted by Gasteiger charge is 2.06. The van der Waals surface area contributed by atoms with Gasteiger partial charge in [0, 0.05) is 24.2 Å². The summed E-state index contributed by atoms with van der Waals surface area (Å²) in [7, 11) is 0. The van der Waals surface area contributed by atoms with E-state index in [1.54, 1.807) is 24.5 Å². The number of hydrogen-bond acceptors (Lipinski definition) is 4. The maximum absolute atomic E-state index is 11.7. The third kappa shape index (κ3) is 6.52. The largest absolute Gasteiger partial charge is 0.482 e. The summed E-state index contributed by atoms with van der Waals surface area (Å²) in [4.78, 5) is 11.7. The zero-order valence-electron chi connectivity index (χ0n) is 12.4. The first-order valence-corrected chi connectivity index (χ1v) is 7.85. The standard InChI is InChI=1S/C16H17Cl2NO4/c17-12-4-5-14(18)15(9-12)23-11-16(20)19-6-2-7-21-10-13-3-1-8-22-13/h1,3-5,8-9H,2,6-7,10-11H2,(H,19,20). The molecule has 0 bridgehead atoms. The van der Waals surface area contributed by atoms with Crippen LogP contribution in [0.5, 0.6) is 5.75 Å². The zero-order valence-corrected chi connectivity index (χ0v) is 13.9. The van der Waals surface area contributed by atoms with Gasteiger partial charge < -0.3 is 19.2 Å². The molecule has 23 heavy (non-hydrogen) atoms. The Bertz CT molecular complexity index is 617. The Morgan fingerprint density at radius 3 is 2.91 bits per heavy atom. The topological polar surface area (TPSA) is 60.7 Å². The van der Waals surface area contributed by atoms with Gasteiger partial charge >= 0.3 is 0 Å². The maximum atomic E-state index is 11.7. The minimum Gasteiger partial charge on any atom is -0.482 e. The van der Waals surface area contributed by atoms with Crippen LogP contribution in [0.4, 0.5) is 0 Å². The SMILES string of the molecule is O=C(COc1cc(Cl)ccc1Cl)NCCCOCc1ccco1. The molecule has 1 N–H and O–H groups in total. The number of rotatable bonds is 9. The number of carbonyl (C=O) groups excluding carboxylic acids is 1. The van der Waals surface area contributed by atoms with Gasteiger partial charge in [0.1, 0.15) is 18.1 Å². The van der Waals surface area contributed by atoms with Crippen molar-refractivity contribution in [2.45, 2.75) is 13.0 Å². The molecule has 1 aromatic heterocycles. The lowest BCUT2D eigenvalue weighted by Gasteiger charge is -2.09. The fourth-order valence-corrected chi connectivity index (χ4v) is 2.09. The van der Waals surface area contributed by atoms with E-state index in [1.807, 2.05) is 12.1 Å². The summed E-state index contributed by atoms with van der Waals surface area (Å²) in [5.74, 6) is 0.934. The number of carbonyl (C=O) groups is 1. The number of benzene rings is 1. The van der Waals surface area contributed by atoms with Crippen molar-refractivity contribution in [3.05, 3.63) is 52.4 Å². The van der Waals surface area contributed by atoms with Crippen molar-refractivity contribution in [1.29, 1.82) is 0 Å². The molecule has 2 aromatic rings. The second-order valence-corrected chi connectivity index (χ2v) is 5.54. The van der Waals surface area contributed by atoms with E-state index in [1.165, 1.54) is 0 Å². The number of nitrogens with one attached hydrogen (secondary N) is 1. The molecule has 0 aliphatic rings. The normalized spacial score (nSPS) is 10.5. The maximum Gasteiger partial charge on any atom is 0.257 e. The lowest BCUT2D eigenvalue weighted by atomic mass is 10.3. The molecule has 0 fully saturated rings. The van der Waals surface area contributed by atoms with Gasteiger partial charge in [0.05, 0.1) is 11.3 Å². The molecule has 124 valence electrons. The molecule has 0 spiro atoms. The van der Waals surface area contributed by atoms with Gasteiger partial charge in [-0.05, 0) is 30.7 Å². The van der Waals surface area contributed by atoms with Gasteiger partial charge in [-0.2, -0.15) is 0 Å². The van der Waals surface area contributed by atoms with E-state index in [0.29, 0.717) is 42.0 Å². The number of furan rings is 1. The average molecular weight is 358 g/mol. The van der Waals surface area contributed by atoms with Crippen molar-refractivity contribution < 1.29 is 18.7 Å². The first kappa shape index (κ1) is 17.7. The van der Waals surface area contributed by atoms with Gasteiger partial charge in [0.15, 0.2) is 6.61 Å². The van der Waals surface area contributed by atoms with Crippen LogP contribution in [0.1, 0.15) is 12.2 Å². The van der Waals surface area contributed by atoms with E-state index >= 15 is 0 Å². The third-order valence-electron chi connectivity index (χ3n) is 2.86. The smallest absolute Gasteiger partial charge is 0.257 e. The summed E-state index contributed by atoms with van der Waals surface area (Å²) in [6, 6.07) is 8.50. The van der Waals surface area contributed by atoms with Crippen molar-refractivity contribution >= 4 is 29.1 Å². The lowest BCUT2D eigenvalue weighted by Crippen LogP contribution is -2.30. The van der Waals surface area contributed by atoms with Crippen LogP contribution in [0.2, 0.25) is 10.0 Å². The monoisotopic (exact) mass is 357 g/mol. The number of halogens is 2. The summed E-state index contributed by atoms with van der Waals surface area (Å²) < 4.78 is 15.9. The van der Waals surface area contributed by atoms with Crippen molar-refractivity contribution in [2.24, 2.45) is 0 Å². The van der Waals surface area contributed by atoms with Crippen molar-refractivity contribution in [3.63, 3.8) is 0 Å². The summed E-state index contributed by atoms with van der Waals surface area (Å²) in [6.07, 6.45) is 2.30. The predicted molar refractivity (Wildman–Crippen MR) is 87.9 cm³/mol. The molecule has 5 nitrogen and oxygen atoms in total. The Hall–Kier alpha value is -1.69. The van der Waals surface area contributed by atoms with E-state index in [9.17, 15) is 4.79 Å². The second kappa shape index (κ2) is 9.45. The van der Waals surface area contributed by atoms with Crippen LogP contribution in [-0.4, -0.2) is 25.7 Å². The van der Waals surface area contributed by atoms with Crippen molar-refractivity contribution in [1.82, 2.24) is 5.32 Å². The predicted octanol–water partition coefficient (Wildman–Crippen LogP) is 3.69. The van der Waals surface area contributed by atoms with E-state index in [0.717, 1.165) is 5.76 Å². The van der Waals surface area contributed by atoms with Gasteiger partial charge in [-0.25, -0.2) is 0 Å². The molecular weight excluding hydrogens is 341 g/mol. The number of hydrogen-bond donors (Lipinski definition) is 1. The summed E-state index contributed by atoms with van der Waals surface area (Å²) >= 11 is 11.8. The Balaban J connectivity index is 1.55. The van der Waals surface area contributed by atoms with E-state index in [4.69, 9.17) is 37.1 Å². The third-order valence-corrected chi connectivity index (χ3v) is 3.41. The van der Waals surface area contributed by atoms with Crippen LogP contribution in [-0.2, 0) is 16.1 Å². The minimum atomic E-state index is -0.230. The first-order valence-electron chi connectivity index (χ1n) is 7.10. The number of ether oxygens (including phenoxy) is 2. The second-order valence-electron chi connectivity index (χ2n) is 4.70. The molecule has 1 heterocycles. The Kier molecular flexibility index (Phi) is 7.26.